The van der Waals surface area contributed by atoms with E-state index in [1.165, 1.54) is 0 Å². The minimum Gasteiger partial charge on any atom is -0.390 e. The number of ether oxygens (including phenoxy) is 1. The summed E-state index contributed by atoms with van der Waals surface area (Å²) in [7, 11) is 0. The number of hydrogen-bond acceptors (Lipinski definition) is 6. The minimum atomic E-state index is -0.954. The molecule has 4 rings (SSSR count). The fraction of sp³-hybridized carbons (Fsp3) is 0.964. The summed E-state index contributed by atoms with van der Waals surface area (Å²) in [6, 6.07) is 0. The highest BCUT2D eigenvalue weighted by molar-refractivity contribution is 5.79. The summed E-state index contributed by atoms with van der Waals surface area (Å²) in [4.78, 5) is 12.6. The van der Waals surface area contributed by atoms with Gasteiger partial charge in [-0.15, -0.1) is 0 Å². The lowest BCUT2D eigenvalue weighted by Crippen LogP contribution is -2.62. The second-order valence-corrected chi connectivity index (χ2v) is 12.9. The largest absolute Gasteiger partial charge is 0.390 e. The Balaban J connectivity index is 1.77. The molecule has 4 N–H and O–H groups in total. The van der Waals surface area contributed by atoms with Gasteiger partial charge in [0.05, 0.1) is 36.6 Å². The maximum Gasteiger partial charge on any atom is 0.133 e. The highest BCUT2D eigenvalue weighted by Crippen LogP contribution is 2.63. The Bertz CT molecular complexity index is 740. The Hall–Kier alpha value is -0.530. The molecule has 0 aromatic rings. The lowest BCUT2D eigenvalue weighted by Gasteiger charge is -2.57. The van der Waals surface area contributed by atoms with Gasteiger partial charge in [-0.3, -0.25) is 4.79 Å². The highest BCUT2D eigenvalue weighted by atomic mass is 16.5. The van der Waals surface area contributed by atoms with Gasteiger partial charge in [0.25, 0.3) is 0 Å². The number of carbonyl (C=O) groups excluding carboxylic acids is 1. The molecular formula is C28H48O6. The second-order valence-electron chi connectivity index (χ2n) is 12.9. The molecule has 0 unspecified atom stereocenters. The van der Waals surface area contributed by atoms with Gasteiger partial charge in [-0.1, -0.05) is 41.0 Å². The molecule has 1 saturated heterocycles. The Labute approximate surface area is 205 Å². The number of carbonyl (C=O) groups is 1. The highest BCUT2D eigenvalue weighted by Gasteiger charge is 2.65. The van der Waals surface area contributed by atoms with E-state index < -0.39 is 24.4 Å². The molecule has 1 heterocycles. The van der Waals surface area contributed by atoms with Gasteiger partial charge in [0, 0.05) is 18.8 Å². The van der Waals surface area contributed by atoms with Crippen molar-refractivity contribution in [1.29, 1.82) is 0 Å². The standard InChI is InChI=1S/C28H48O6/c1-13(2)14(3)23(30)24(31)15(4)27-22-21(19-12-17(29)9-10-18(19)16(5)34-27)26(33)25(32)20-8-7-11-28(20,22)6/h13-16,18-27,30-33H,7-12H2,1-6H3/t14-,15-,16-,18+,19-,20+,21+,22+,23+,24+,25+,26-,27+,28-/m0/s1. The van der Waals surface area contributed by atoms with E-state index in [9.17, 15) is 25.2 Å². The van der Waals surface area contributed by atoms with E-state index in [2.05, 4.69) is 27.7 Å². The van der Waals surface area contributed by atoms with Crippen LogP contribution < -0.4 is 0 Å². The van der Waals surface area contributed by atoms with Crippen LogP contribution in [0.1, 0.15) is 80.1 Å². The average molecular weight is 481 g/mol. The zero-order chi connectivity index (χ0) is 25.1. The monoisotopic (exact) mass is 480 g/mol. The van der Waals surface area contributed by atoms with Crippen molar-refractivity contribution >= 4 is 5.78 Å². The van der Waals surface area contributed by atoms with Crippen LogP contribution in [0.3, 0.4) is 0 Å². The first kappa shape index (κ1) is 26.5. The van der Waals surface area contributed by atoms with Crippen molar-refractivity contribution in [3.05, 3.63) is 0 Å². The predicted octanol–water partition coefficient (Wildman–Crippen LogP) is 3.18. The van der Waals surface area contributed by atoms with Crippen LogP contribution in [0.15, 0.2) is 0 Å². The zero-order valence-corrected chi connectivity index (χ0v) is 21.9. The van der Waals surface area contributed by atoms with E-state index in [1.807, 2.05) is 13.8 Å². The van der Waals surface area contributed by atoms with Crippen LogP contribution >= 0.6 is 0 Å². The summed E-state index contributed by atoms with van der Waals surface area (Å²) < 4.78 is 6.84. The van der Waals surface area contributed by atoms with Gasteiger partial charge >= 0.3 is 0 Å². The smallest absolute Gasteiger partial charge is 0.133 e. The first-order valence-electron chi connectivity index (χ1n) is 13.8. The van der Waals surface area contributed by atoms with Gasteiger partial charge in [-0.25, -0.2) is 0 Å². The van der Waals surface area contributed by atoms with E-state index >= 15 is 0 Å². The fourth-order valence-corrected chi connectivity index (χ4v) is 8.58. The SMILES string of the molecule is CC(C)[C@H](C)[C@@H](O)[C@H](O)[C@H](C)[C@H]1O[C@@H](C)[C@H]2CCC(=O)C[C@@H]2[C@H]2[C@H](O)[C@H](O)[C@H]3CCC[C@]3(C)[C@@H]12. The van der Waals surface area contributed by atoms with Crippen molar-refractivity contribution in [2.75, 3.05) is 0 Å². The van der Waals surface area contributed by atoms with Crippen LogP contribution in [-0.2, 0) is 9.53 Å². The molecule has 0 radical (unpaired) electrons. The molecule has 3 aliphatic carbocycles. The maximum absolute atomic E-state index is 12.6. The molecule has 0 spiro atoms. The minimum absolute atomic E-state index is 0.0233. The molecular weight excluding hydrogens is 432 g/mol. The van der Waals surface area contributed by atoms with Crippen LogP contribution in [-0.4, -0.2) is 62.8 Å². The number of hydrogen-bond donors (Lipinski definition) is 4. The van der Waals surface area contributed by atoms with Crippen LogP contribution in [0, 0.1) is 52.8 Å². The molecule has 0 aromatic heterocycles. The predicted molar refractivity (Wildman–Crippen MR) is 130 cm³/mol. The molecule has 0 bridgehead atoms. The Morgan fingerprint density at radius 2 is 1.68 bits per heavy atom. The van der Waals surface area contributed by atoms with Crippen LogP contribution in [0.4, 0.5) is 0 Å². The van der Waals surface area contributed by atoms with Crippen molar-refractivity contribution in [2.45, 2.75) is 117 Å². The number of aliphatic hydroxyl groups excluding tert-OH is 4. The number of rotatable bonds is 5. The average Bonchev–Trinajstić information content (AvgIpc) is 3.14. The van der Waals surface area contributed by atoms with E-state index in [0.717, 1.165) is 25.7 Å². The molecule has 4 aliphatic rings. The first-order valence-corrected chi connectivity index (χ1v) is 13.8. The topological polar surface area (TPSA) is 107 Å². The number of Topliss-reactive ketones (excluding diaryl/α,β-unsaturated/α-hetero) is 1. The second kappa shape index (κ2) is 9.74. The van der Waals surface area contributed by atoms with E-state index in [0.29, 0.717) is 12.8 Å². The Morgan fingerprint density at radius 3 is 2.32 bits per heavy atom. The Kier molecular flexibility index (Phi) is 7.60. The van der Waals surface area contributed by atoms with Gasteiger partial charge in [0.1, 0.15) is 5.78 Å². The molecule has 196 valence electrons. The molecule has 0 aromatic carbocycles. The van der Waals surface area contributed by atoms with Crippen LogP contribution in [0.2, 0.25) is 0 Å². The number of aliphatic hydroxyl groups is 4. The molecule has 14 atom stereocenters. The zero-order valence-electron chi connectivity index (χ0n) is 21.9. The summed E-state index contributed by atoms with van der Waals surface area (Å²) in [6.07, 6.45) is 0.517. The summed E-state index contributed by atoms with van der Waals surface area (Å²) in [5.41, 5.74) is -0.244. The normalized spacial score (nSPS) is 48.3. The molecule has 4 fully saturated rings. The molecule has 0 amide bonds. The lowest BCUT2D eigenvalue weighted by molar-refractivity contribution is -0.207. The van der Waals surface area contributed by atoms with E-state index in [-0.39, 0.29) is 70.7 Å². The lowest BCUT2D eigenvalue weighted by atomic mass is 9.49. The van der Waals surface area contributed by atoms with Crippen molar-refractivity contribution in [3.63, 3.8) is 0 Å². The summed E-state index contributed by atoms with van der Waals surface area (Å²) in [6.45, 7) is 12.4. The summed E-state index contributed by atoms with van der Waals surface area (Å²) in [5.74, 6) is -0.199. The van der Waals surface area contributed by atoms with Crippen molar-refractivity contribution in [1.82, 2.24) is 0 Å². The molecule has 6 nitrogen and oxygen atoms in total. The first-order chi connectivity index (χ1) is 15.9. The van der Waals surface area contributed by atoms with Gasteiger partial charge in [-0.05, 0) is 73.0 Å². The third-order valence-corrected chi connectivity index (χ3v) is 11.0. The summed E-state index contributed by atoms with van der Waals surface area (Å²) >= 11 is 0. The van der Waals surface area contributed by atoms with Gasteiger partial charge in [0.2, 0.25) is 0 Å². The third kappa shape index (κ3) is 4.19. The quantitative estimate of drug-likeness (QED) is 0.481. The van der Waals surface area contributed by atoms with Gasteiger partial charge < -0.3 is 25.2 Å². The van der Waals surface area contributed by atoms with Crippen LogP contribution in [0.25, 0.3) is 0 Å². The Morgan fingerprint density at radius 1 is 1.00 bits per heavy atom. The van der Waals surface area contributed by atoms with E-state index in [4.69, 9.17) is 4.74 Å². The van der Waals surface area contributed by atoms with Gasteiger partial charge in [-0.2, -0.15) is 0 Å². The van der Waals surface area contributed by atoms with Crippen molar-refractivity contribution in [2.24, 2.45) is 52.8 Å². The third-order valence-electron chi connectivity index (χ3n) is 11.0. The molecule has 3 saturated carbocycles. The number of fused-ring (bicyclic) bond motifs is 5. The molecule has 1 aliphatic heterocycles. The number of ketones is 1. The van der Waals surface area contributed by atoms with Crippen LogP contribution in [0.5, 0.6) is 0 Å². The summed E-state index contributed by atoms with van der Waals surface area (Å²) in [5, 5.41) is 45.2. The van der Waals surface area contributed by atoms with Crippen molar-refractivity contribution < 1.29 is 30.0 Å². The molecule has 6 heteroatoms. The molecule has 34 heavy (non-hydrogen) atoms. The maximum atomic E-state index is 12.6. The van der Waals surface area contributed by atoms with Gasteiger partial charge in [0.15, 0.2) is 0 Å². The fourth-order valence-electron chi connectivity index (χ4n) is 8.58. The van der Waals surface area contributed by atoms with E-state index in [1.54, 1.807) is 0 Å². The van der Waals surface area contributed by atoms with Crippen molar-refractivity contribution in [3.8, 4) is 0 Å².